The van der Waals surface area contributed by atoms with Crippen LogP contribution in [-0.2, 0) is 0 Å². The van der Waals surface area contributed by atoms with E-state index in [9.17, 15) is 5.11 Å². The molecule has 1 aliphatic heterocycles. The van der Waals surface area contributed by atoms with Crippen LogP contribution in [0.3, 0.4) is 0 Å². The van der Waals surface area contributed by atoms with Crippen molar-refractivity contribution in [2.24, 2.45) is 5.92 Å². The van der Waals surface area contributed by atoms with Crippen LogP contribution in [0.25, 0.3) is 5.95 Å². The highest BCUT2D eigenvalue weighted by Crippen LogP contribution is 2.21. The molecule has 1 aliphatic rings. The van der Waals surface area contributed by atoms with Gasteiger partial charge in [-0.15, -0.1) is 0 Å². The summed E-state index contributed by atoms with van der Waals surface area (Å²) in [7, 11) is 0. The summed E-state index contributed by atoms with van der Waals surface area (Å²) in [4.78, 5) is 14.5. The molecule has 0 aromatic carbocycles. The fourth-order valence-corrected chi connectivity index (χ4v) is 2.34. The summed E-state index contributed by atoms with van der Waals surface area (Å²) < 4.78 is 1.53. The van der Waals surface area contributed by atoms with Crippen molar-refractivity contribution >= 4 is 17.5 Å². The Morgan fingerprint density at radius 2 is 2.10 bits per heavy atom. The number of β-amino-alcohol motifs (C(OH)–C–C–N with tert-alkyl or cyclic N) is 1. The van der Waals surface area contributed by atoms with E-state index >= 15 is 0 Å². The first-order chi connectivity index (χ1) is 9.63. The SMILES string of the molecule is CC1CCN(c2nc(Cl)nc(-n3cccn3)n2)CC1O. The van der Waals surface area contributed by atoms with Gasteiger partial charge in [0.25, 0.3) is 5.95 Å². The van der Waals surface area contributed by atoms with Gasteiger partial charge in [0.05, 0.1) is 6.10 Å². The summed E-state index contributed by atoms with van der Waals surface area (Å²) >= 11 is 5.96. The summed E-state index contributed by atoms with van der Waals surface area (Å²) in [5.41, 5.74) is 0. The lowest BCUT2D eigenvalue weighted by Gasteiger charge is -2.34. The van der Waals surface area contributed by atoms with Crippen LogP contribution in [0.2, 0.25) is 5.28 Å². The summed E-state index contributed by atoms with van der Waals surface area (Å²) in [6, 6.07) is 1.78. The maximum absolute atomic E-state index is 9.97. The van der Waals surface area contributed by atoms with Crippen molar-refractivity contribution in [1.29, 1.82) is 0 Å². The van der Waals surface area contributed by atoms with Gasteiger partial charge in [0.15, 0.2) is 0 Å². The predicted molar refractivity (Wildman–Crippen MR) is 74.0 cm³/mol. The Balaban J connectivity index is 1.90. The molecule has 0 radical (unpaired) electrons. The van der Waals surface area contributed by atoms with Crippen molar-refractivity contribution in [1.82, 2.24) is 24.7 Å². The van der Waals surface area contributed by atoms with E-state index in [2.05, 4.69) is 20.1 Å². The minimum Gasteiger partial charge on any atom is -0.391 e. The number of hydrogen-bond acceptors (Lipinski definition) is 6. The fourth-order valence-electron chi connectivity index (χ4n) is 2.19. The third-order valence-electron chi connectivity index (χ3n) is 3.50. The molecule has 2 unspecified atom stereocenters. The zero-order valence-corrected chi connectivity index (χ0v) is 11.8. The first-order valence-electron chi connectivity index (χ1n) is 6.48. The van der Waals surface area contributed by atoms with E-state index in [-0.39, 0.29) is 17.3 Å². The Bertz CT molecular complexity index is 590. The maximum atomic E-state index is 9.97. The van der Waals surface area contributed by atoms with Gasteiger partial charge in [-0.3, -0.25) is 0 Å². The van der Waals surface area contributed by atoms with Crippen LogP contribution in [0.1, 0.15) is 13.3 Å². The quantitative estimate of drug-likeness (QED) is 0.887. The van der Waals surface area contributed by atoms with Crippen molar-refractivity contribution < 1.29 is 5.11 Å². The van der Waals surface area contributed by atoms with Crippen LogP contribution in [0.4, 0.5) is 5.95 Å². The molecule has 1 saturated heterocycles. The zero-order valence-electron chi connectivity index (χ0n) is 11.0. The number of hydrogen-bond donors (Lipinski definition) is 1. The molecule has 3 heterocycles. The number of anilines is 1. The topological polar surface area (TPSA) is 80.0 Å². The minimum atomic E-state index is -0.382. The van der Waals surface area contributed by atoms with E-state index in [0.29, 0.717) is 18.4 Å². The average Bonchev–Trinajstić information content (AvgIpc) is 2.95. The monoisotopic (exact) mass is 294 g/mol. The van der Waals surface area contributed by atoms with Crippen molar-refractivity contribution in [2.45, 2.75) is 19.4 Å². The Labute approximate surface area is 121 Å². The summed E-state index contributed by atoms with van der Waals surface area (Å²) in [5.74, 6) is 1.13. The number of nitrogens with zero attached hydrogens (tertiary/aromatic N) is 6. The van der Waals surface area contributed by atoms with Crippen LogP contribution in [0.5, 0.6) is 0 Å². The fraction of sp³-hybridized carbons (Fsp3) is 0.500. The van der Waals surface area contributed by atoms with Crippen LogP contribution in [-0.4, -0.2) is 49.0 Å². The molecule has 7 nitrogen and oxygen atoms in total. The van der Waals surface area contributed by atoms with Gasteiger partial charge in [0, 0.05) is 25.5 Å². The first kappa shape index (κ1) is 13.3. The second-order valence-electron chi connectivity index (χ2n) is 4.93. The number of piperidine rings is 1. The largest absolute Gasteiger partial charge is 0.391 e. The molecule has 1 fully saturated rings. The number of aliphatic hydroxyl groups excluding tert-OH is 1. The normalized spacial score (nSPS) is 23.1. The molecule has 0 aliphatic carbocycles. The van der Waals surface area contributed by atoms with E-state index in [1.807, 2.05) is 11.8 Å². The van der Waals surface area contributed by atoms with Gasteiger partial charge in [-0.25, -0.2) is 4.68 Å². The highest BCUT2D eigenvalue weighted by atomic mass is 35.5. The Morgan fingerprint density at radius 3 is 2.80 bits per heavy atom. The second kappa shape index (κ2) is 5.34. The van der Waals surface area contributed by atoms with E-state index in [1.165, 1.54) is 4.68 Å². The van der Waals surface area contributed by atoms with Crippen LogP contribution in [0.15, 0.2) is 18.5 Å². The van der Waals surface area contributed by atoms with Crippen molar-refractivity contribution in [2.75, 3.05) is 18.0 Å². The molecular weight excluding hydrogens is 280 g/mol. The lowest BCUT2D eigenvalue weighted by Crippen LogP contribution is -2.43. The summed E-state index contributed by atoms with van der Waals surface area (Å²) in [6.07, 6.45) is 3.89. The molecule has 0 saturated carbocycles. The second-order valence-corrected chi connectivity index (χ2v) is 5.27. The highest BCUT2D eigenvalue weighted by Gasteiger charge is 2.26. The average molecular weight is 295 g/mol. The molecule has 8 heteroatoms. The molecule has 0 amide bonds. The molecule has 0 spiro atoms. The Morgan fingerprint density at radius 1 is 1.30 bits per heavy atom. The van der Waals surface area contributed by atoms with Gasteiger partial charge >= 0.3 is 0 Å². The number of halogens is 1. The standard InChI is InChI=1S/C12H15ClN6O/c1-8-3-6-18(7-9(8)20)11-15-10(13)16-12(17-11)19-5-2-4-14-19/h2,4-5,8-9,20H,3,6-7H2,1H3. The smallest absolute Gasteiger partial charge is 0.256 e. The summed E-state index contributed by atoms with van der Waals surface area (Å²) in [5, 5.41) is 14.2. The maximum Gasteiger partial charge on any atom is 0.256 e. The Hall–Kier alpha value is -1.73. The van der Waals surface area contributed by atoms with Crippen molar-refractivity contribution in [3.63, 3.8) is 0 Å². The van der Waals surface area contributed by atoms with Gasteiger partial charge in [-0.1, -0.05) is 6.92 Å². The van der Waals surface area contributed by atoms with Gasteiger partial charge in [0.1, 0.15) is 0 Å². The molecule has 2 aromatic rings. The van der Waals surface area contributed by atoms with Gasteiger partial charge in [-0.05, 0) is 30.0 Å². The molecule has 1 N–H and O–H groups in total. The van der Waals surface area contributed by atoms with Gasteiger partial charge in [0.2, 0.25) is 11.2 Å². The Kier molecular flexibility index (Phi) is 3.54. The summed E-state index contributed by atoms with van der Waals surface area (Å²) in [6.45, 7) is 3.33. The molecule has 20 heavy (non-hydrogen) atoms. The van der Waals surface area contributed by atoms with Gasteiger partial charge in [-0.2, -0.15) is 20.1 Å². The predicted octanol–water partition coefficient (Wildman–Crippen LogP) is 0.918. The molecule has 106 valence electrons. The van der Waals surface area contributed by atoms with E-state index < -0.39 is 0 Å². The lowest BCUT2D eigenvalue weighted by molar-refractivity contribution is 0.102. The van der Waals surface area contributed by atoms with E-state index in [4.69, 9.17) is 11.6 Å². The number of aromatic nitrogens is 5. The van der Waals surface area contributed by atoms with Crippen LogP contribution < -0.4 is 4.90 Å². The number of rotatable bonds is 2. The third kappa shape index (κ3) is 2.59. The molecular formula is C12H15ClN6O. The molecule has 2 atom stereocenters. The van der Waals surface area contributed by atoms with Crippen LogP contribution >= 0.6 is 11.6 Å². The molecule has 3 rings (SSSR count). The first-order valence-corrected chi connectivity index (χ1v) is 6.86. The molecule has 0 bridgehead atoms. The third-order valence-corrected chi connectivity index (χ3v) is 3.66. The van der Waals surface area contributed by atoms with Crippen LogP contribution in [0, 0.1) is 5.92 Å². The lowest BCUT2D eigenvalue weighted by atomic mass is 9.96. The number of aliphatic hydroxyl groups is 1. The zero-order chi connectivity index (χ0) is 14.1. The van der Waals surface area contributed by atoms with Crippen molar-refractivity contribution in [3.05, 3.63) is 23.7 Å². The van der Waals surface area contributed by atoms with E-state index in [1.54, 1.807) is 18.5 Å². The molecule has 2 aromatic heterocycles. The van der Waals surface area contributed by atoms with Gasteiger partial charge < -0.3 is 10.0 Å². The highest BCUT2D eigenvalue weighted by molar-refractivity contribution is 6.28. The van der Waals surface area contributed by atoms with Crippen molar-refractivity contribution in [3.8, 4) is 5.95 Å². The minimum absolute atomic E-state index is 0.119. The van der Waals surface area contributed by atoms with E-state index in [0.717, 1.165) is 13.0 Å².